The lowest BCUT2D eigenvalue weighted by atomic mass is 10.1. The topological polar surface area (TPSA) is 65.1 Å². The van der Waals surface area contributed by atoms with E-state index in [4.69, 9.17) is 4.98 Å². The Morgan fingerprint density at radius 2 is 1.78 bits per heavy atom. The van der Waals surface area contributed by atoms with Gasteiger partial charge in [0.25, 0.3) is 5.91 Å². The number of anilines is 1. The van der Waals surface area contributed by atoms with E-state index in [0.29, 0.717) is 11.4 Å². The second-order valence-corrected chi connectivity index (χ2v) is 9.03. The molecular weight excluding hydrogens is 418 g/mol. The van der Waals surface area contributed by atoms with Crippen molar-refractivity contribution in [1.82, 2.24) is 20.1 Å². The number of aromatic nitrogens is 3. The highest BCUT2D eigenvalue weighted by molar-refractivity contribution is 7.13. The first-order valence-corrected chi connectivity index (χ1v) is 11.3. The number of amides is 1. The minimum Gasteiger partial charge on any atom is -0.362 e. The van der Waals surface area contributed by atoms with Gasteiger partial charge < -0.3 is 9.80 Å². The van der Waals surface area contributed by atoms with E-state index >= 15 is 0 Å². The lowest BCUT2D eigenvalue weighted by molar-refractivity contribution is 0.0740. The highest BCUT2D eigenvalue weighted by Gasteiger charge is 2.24. The molecule has 7 heteroatoms. The molecule has 3 heterocycles. The SMILES string of the molecule is Cc1csc(-c2ccc(C(=O)N(C)[C@H](C)c3cc(-c4ccccc4)n[nH]3)c(N(C)C)n2)c1. The van der Waals surface area contributed by atoms with Gasteiger partial charge in [-0.1, -0.05) is 30.3 Å². The van der Waals surface area contributed by atoms with E-state index in [1.165, 1.54) is 5.56 Å². The molecule has 1 atom stereocenters. The van der Waals surface area contributed by atoms with Crippen LogP contribution < -0.4 is 4.90 Å². The van der Waals surface area contributed by atoms with Gasteiger partial charge in [0.1, 0.15) is 5.82 Å². The van der Waals surface area contributed by atoms with Crippen molar-refractivity contribution in [2.24, 2.45) is 0 Å². The van der Waals surface area contributed by atoms with E-state index < -0.39 is 0 Å². The van der Waals surface area contributed by atoms with E-state index in [2.05, 4.69) is 28.6 Å². The van der Waals surface area contributed by atoms with Gasteiger partial charge in [-0.05, 0) is 49.1 Å². The number of aromatic amines is 1. The molecular formula is C25H27N5OS. The number of aryl methyl sites for hydroxylation is 1. The summed E-state index contributed by atoms with van der Waals surface area (Å²) in [4.78, 5) is 23.0. The molecule has 3 aromatic heterocycles. The molecule has 0 aliphatic heterocycles. The first-order valence-electron chi connectivity index (χ1n) is 10.5. The van der Waals surface area contributed by atoms with Crippen molar-refractivity contribution in [2.45, 2.75) is 19.9 Å². The molecule has 0 radical (unpaired) electrons. The number of carbonyl (C=O) groups is 1. The summed E-state index contributed by atoms with van der Waals surface area (Å²) in [6.45, 7) is 4.06. The van der Waals surface area contributed by atoms with Crippen LogP contribution in [-0.2, 0) is 0 Å². The van der Waals surface area contributed by atoms with Crippen LogP contribution in [0, 0.1) is 6.92 Å². The molecule has 1 amide bonds. The Balaban J connectivity index is 1.60. The van der Waals surface area contributed by atoms with Crippen LogP contribution in [0.1, 0.15) is 34.6 Å². The number of nitrogens with zero attached hydrogens (tertiary/aromatic N) is 4. The maximum Gasteiger partial charge on any atom is 0.257 e. The molecule has 0 bridgehead atoms. The smallest absolute Gasteiger partial charge is 0.257 e. The third-order valence-corrected chi connectivity index (χ3v) is 6.60. The highest BCUT2D eigenvalue weighted by Crippen LogP contribution is 2.30. The Kier molecular flexibility index (Phi) is 6.10. The van der Waals surface area contributed by atoms with Crippen molar-refractivity contribution in [2.75, 3.05) is 26.0 Å². The van der Waals surface area contributed by atoms with Crippen LogP contribution in [0.15, 0.2) is 60.0 Å². The highest BCUT2D eigenvalue weighted by atomic mass is 32.1. The van der Waals surface area contributed by atoms with Gasteiger partial charge >= 0.3 is 0 Å². The van der Waals surface area contributed by atoms with E-state index in [1.54, 1.807) is 16.2 Å². The molecule has 0 unspecified atom stereocenters. The molecule has 0 spiro atoms. The van der Waals surface area contributed by atoms with Crippen molar-refractivity contribution >= 4 is 23.1 Å². The molecule has 4 aromatic rings. The molecule has 32 heavy (non-hydrogen) atoms. The summed E-state index contributed by atoms with van der Waals surface area (Å²) in [5.74, 6) is 0.575. The number of nitrogens with one attached hydrogen (secondary N) is 1. The predicted octanol–water partition coefficient (Wildman–Crippen LogP) is 5.41. The standard InChI is InChI=1S/C25H27N5OS/c1-16-13-23(32-15-16)20-12-11-19(24(26-20)29(3)4)25(31)30(5)17(2)21-14-22(28-27-21)18-9-7-6-8-10-18/h6-15,17H,1-5H3,(H,27,28)/t17-/m1/s1. The number of rotatable bonds is 6. The summed E-state index contributed by atoms with van der Waals surface area (Å²) in [5, 5.41) is 9.63. The molecule has 164 valence electrons. The van der Waals surface area contributed by atoms with Crippen LogP contribution in [0.25, 0.3) is 21.8 Å². The third-order valence-electron chi connectivity index (χ3n) is 5.53. The Morgan fingerprint density at radius 1 is 1.03 bits per heavy atom. The monoisotopic (exact) mass is 445 g/mol. The largest absolute Gasteiger partial charge is 0.362 e. The van der Waals surface area contributed by atoms with E-state index in [9.17, 15) is 4.79 Å². The van der Waals surface area contributed by atoms with Crippen molar-refractivity contribution in [1.29, 1.82) is 0 Å². The van der Waals surface area contributed by atoms with Crippen LogP contribution in [0.4, 0.5) is 5.82 Å². The zero-order chi connectivity index (χ0) is 22.8. The van der Waals surface area contributed by atoms with Crippen LogP contribution in [0.2, 0.25) is 0 Å². The number of hydrogen-bond donors (Lipinski definition) is 1. The molecule has 0 aliphatic rings. The Labute approximate surface area is 192 Å². The van der Waals surface area contributed by atoms with Gasteiger partial charge in [-0.25, -0.2) is 4.98 Å². The second kappa shape index (κ2) is 8.96. The Bertz CT molecular complexity index is 1230. The van der Waals surface area contributed by atoms with Gasteiger partial charge in [-0.15, -0.1) is 11.3 Å². The molecule has 0 saturated carbocycles. The van der Waals surface area contributed by atoms with Gasteiger partial charge in [-0.2, -0.15) is 5.10 Å². The Morgan fingerprint density at radius 3 is 2.44 bits per heavy atom. The van der Waals surface area contributed by atoms with Crippen molar-refractivity contribution in [3.63, 3.8) is 0 Å². The number of benzene rings is 1. The van der Waals surface area contributed by atoms with Crippen LogP contribution in [-0.4, -0.2) is 47.1 Å². The van der Waals surface area contributed by atoms with Gasteiger partial charge in [-0.3, -0.25) is 9.89 Å². The van der Waals surface area contributed by atoms with Crippen molar-refractivity contribution in [3.8, 4) is 21.8 Å². The van der Waals surface area contributed by atoms with Gasteiger partial charge in [0.05, 0.1) is 33.6 Å². The average Bonchev–Trinajstić information content (AvgIpc) is 3.47. The third kappa shape index (κ3) is 4.29. The minimum absolute atomic E-state index is 0.0847. The average molecular weight is 446 g/mol. The lowest BCUT2D eigenvalue weighted by Gasteiger charge is -2.26. The number of H-pyrrole nitrogens is 1. The fourth-order valence-corrected chi connectivity index (χ4v) is 4.41. The van der Waals surface area contributed by atoms with Crippen molar-refractivity contribution in [3.05, 3.63) is 76.8 Å². The molecule has 0 fully saturated rings. The summed E-state index contributed by atoms with van der Waals surface area (Å²) in [7, 11) is 5.63. The van der Waals surface area contributed by atoms with E-state index in [1.807, 2.05) is 81.5 Å². The van der Waals surface area contributed by atoms with Crippen LogP contribution in [0.3, 0.4) is 0 Å². The van der Waals surface area contributed by atoms with Gasteiger partial charge in [0, 0.05) is 26.7 Å². The summed E-state index contributed by atoms with van der Waals surface area (Å²) in [6, 6.07) is 17.7. The zero-order valence-electron chi connectivity index (χ0n) is 19.0. The first-order chi connectivity index (χ1) is 15.3. The summed E-state index contributed by atoms with van der Waals surface area (Å²) in [5.41, 5.74) is 5.43. The zero-order valence-corrected chi connectivity index (χ0v) is 19.8. The minimum atomic E-state index is -0.179. The van der Waals surface area contributed by atoms with Crippen molar-refractivity contribution < 1.29 is 4.79 Å². The fraction of sp³-hybridized carbons (Fsp3) is 0.240. The molecule has 0 aliphatic carbocycles. The maximum atomic E-state index is 13.4. The van der Waals surface area contributed by atoms with E-state index in [0.717, 1.165) is 27.5 Å². The maximum absolute atomic E-state index is 13.4. The molecule has 4 rings (SSSR count). The number of carbonyl (C=O) groups excluding carboxylic acids is 1. The first kappa shape index (κ1) is 21.8. The second-order valence-electron chi connectivity index (χ2n) is 8.12. The van der Waals surface area contributed by atoms with Crippen LogP contribution in [0.5, 0.6) is 0 Å². The van der Waals surface area contributed by atoms with Gasteiger partial charge in [0.15, 0.2) is 0 Å². The van der Waals surface area contributed by atoms with E-state index in [-0.39, 0.29) is 11.9 Å². The fourth-order valence-electron chi connectivity index (χ4n) is 3.54. The number of thiophene rings is 1. The predicted molar refractivity (Wildman–Crippen MR) is 131 cm³/mol. The van der Waals surface area contributed by atoms with Crippen LogP contribution >= 0.6 is 11.3 Å². The molecule has 1 aromatic carbocycles. The Hall–Kier alpha value is -3.45. The summed E-state index contributed by atoms with van der Waals surface area (Å²) in [6.07, 6.45) is 0. The lowest BCUT2D eigenvalue weighted by Crippen LogP contribution is -2.31. The summed E-state index contributed by atoms with van der Waals surface area (Å²) >= 11 is 1.66. The number of hydrogen-bond acceptors (Lipinski definition) is 5. The quantitative estimate of drug-likeness (QED) is 0.431. The molecule has 6 nitrogen and oxygen atoms in total. The van der Waals surface area contributed by atoms with Gasteiger partial charge in [0.2, 0.25) is 0 Å². The normalized spacial score (nSPS) is 11.9. The molecule has 0 saturated heterocycles. The molecule has 1 N–H and O–H groups in total. The summed E-state index contributed by atoms with van der Waals surface area (Å²) < 4.78 is 0. The number of pyridine rings is 1.